The Hall–Kier alpha value is -2.89. The summed E-state index contributed by atoms with van der Waals surface area (Å²) in [5.41, 5.74) is 4.48. The first-order valence-electron chi connectivity index (χ1n) is 12.0. The van der Waals surface area contributed by atoms with Crippen LogP contribution in [0.1, 0.15) is 32.1 Å². The van der Waals surface area contributed by atoms with Crippen LogP contribution in [0.25, 0.3) is 16.6 Å². The van der Waals surface area contributed by atoms with Crippen LogP contribution in [-0.2, 0) is 11.8 Å². The summed E-state index contributed by atoms with van der Waals surface area (Å²) >= 11 is 0. The SMILES string of the molecule is COCCC1(C#N)CC(N2[C@@H]3CC[C@@H]2CN(c2ccnn4cc(-c5cnn(C)c5)cc24)C3)C1. The lowest BCUT2D eigenvalue weighted by Gasteiger charge is -2.53. The van der Waals surface area contributed by atoms with Crippen LogP contribution in [0.15, 0.2) is 36.9 Å². The molecule has 0 radical (unpaired) electrons. The number of hydrogen-bond donors (Lipinski definition) is 0. The number of hydrogen-bond acceptors (Lipinski definition) is 6. The van der Waals surface area contributed by atoms with E-state index in [1.165, 1.54) is 18.5 Å². The van der Waals surface area contributed by atoms with Gasteiger partial charge in [0.25, 0.3) is 0 Å². The molecule has 2 bridgehead atoms. The molecule has 1 aliphatic carbocycles. The molecule has 0 spiro atoms. The van der Waals surface area contributed by atoms with Crippen LogP contribution in [0.5, 0.6) is 0 Å². The molecule has 1 saturated carbocycles. The maximum atomic E-state index is 9.76. The lowest BCUT2D eigenvalue weighted by molar-refractivity contribution is -0.0146. The number of aromatic nitrogens is 4. The molecule has 8 heteroatoms. The Morgan fingerprint density at radius 3 is 2.58 bits per heavy atom. The maximum absolute atomic E-state index is 9.76. The van der Waals surface area contributed by atoms with Crippen molar-refractivity contribution in [3.63, 3.8) is 0 Å². The third-order valence-corrected chi connectivity index (χ3v) is 8.10. The van der Waals surface area contributed by atoms with Crippen LogP contribution < -0.4 is 4.90 Å². The number of rotatable bonds is 6. The molecule has 3 aromatic rings. The van der Waals surface area contributed by atoms with Crippen molar-refractivity contribution < 1.29 is 4.74 Å². The Bertz CT molecular complexity index is 1190. The second-order valence-electron chi connectivity index (χ2n) is 10.1. The molecule has 172 valence electrons. The third-order valence-electron chi connectivity index (χ3n) is 8.10. The van der Waals surface area contributed by atoms with Crippen molar-refractivity contribution in [2.45, 2.75) is 50.2 Å². The summed E-state index contributed by atoms with van der Waals surface area (Å²) in [4.78, 5) is 5.32. The van der Waals surface area contributed by atoms with E-state index in [1.807, 2.05) is 34.8 Å². The van der Waals surface area contributed by atoms with Crippen molar-refractivity contribution in [2.24, 2.45) is 12.5 Å². The molecule has 3 aliphatic rings. The third kappa shape index (κ3) is 3.42. The summed E-state index contributed by atoms with van der Waals surface area (Å²) in [5, 5.41) is 18.6. The standard InChI is InChI=1S/C25H31N7O/c1-29-13-19(12-28-29)18-9-24-23(5-7-27-31(24)14-18)30-15-20-3-4-21(16-30)32(20)22-10-25(11-22,17-26)6-8-33-2/h5,7,9,12-14,20-22H,3-4,6,8,10-11,15-16H2,1-2H3/t20-,21-,22?,25?/m1/s1. The average Bonchev–Trinajstić information content (AvgIpc) is 3.48. The number of methoxy groups -OCH3 is 1. The van der Waals surface area contributed by atoms with E-state index in [0.29, 0.717) is 24.7 Å². The van der Waals surface area contributed by atoms with Gasteiger partial charge in [0.1, 0.15) is 0 Å². The second-order valence-corrected chi connectivity index (χ2v) is 10.1. The van der Waals surface area contributed by atoms with Gasteiger partial charge in [-0.05, 0) is 44.2 Å². The minimum Gasteiger partial charge on any atom is -0.385 e. The molecule has 2 saturated heterocycles. The molecule has 0 amide bonds. The van der Waals surface area contributed by atoms with Crippen LogP contribution in [-0.4, -0.2) is 69.2 Å². The van der Waals surface area contributed by atoms with Gasteiger partial charge in [-0.15, -0.1) is 0 Å². The first-order chi connectivity index (χ1) is 16.1. The Morgan fingerprint density at radius 1 is 1.12 bits per heavy atom. The molecule has 33 heavy (non-hydrogen) atoms. The summed E-state index contributed by atoms with van der Waals surface area (Å²) in [6.07, 6.45) is 13.3. The molecule has 0 aromatic carbocycles. The molecular formula is C25H31N7O. The van der Waals surface area contributed by atoms with Gasteiger partial charge in [0.05, 0.1) is 28.9 Å². The Balaban J connectivity index is 1.21. The van der Waals surface area contributed by atoms with Crippen molar-refractivity contribution in [1.29, 1.82) is 5.26 Å². The largest absolute Gasteiger partial charge is 0.385 e. The van der Waals surface area contributed by atoms with Gasteiger partial charge in [-0.3, -0.25) is 9.58 Å². The van der Waals surface area contributed by atoms with Gasteiger partial charge in [0.2, 0.25) is 0 Å². The molecular weight excluding hydrogens is 414 g/mol. The quantitative estimate of drug-likeness (QED) is 0.581. The van der Waals surface area contributed by atoms with Gasteiger partial charge in [-0.2, -0.15) is 15.5 Å². The van der Waals surface area contributed by atoms with E-state index in [2.05, 4.69) is 44.4 Å². The molecule has 8 nitrogen and oxygen atoms in total. The van der Waals surface area contributed by atoms with Crippen LogP contribution in [0, 0.1) is 16.7 Å². The zero-order valence-corrected chi connectivity index (χ0v) is 19.4. The summed E-state index contributed by atoms with van der Waals surface area (Å²) < 4.78 is 9.08. The minimum absolute atomic E-state index is 0.177. The highest BCUT2D eigenvalue weighted by atomic mass is 16.5. The Labute approximate surface area is 194 Å². The number of nitrogens with zero attached hydrogens (tertiary/aromatic N) is 7. The zero-order chi connectivity index (χ0) is 22.6. The van der Waals surface area contributed by atoms with E-state index in [1.54, 1.807) is 7.11 Å². The van der Waals surface area contributed by atoms with Gasteiger partial charge in [0, 0.05) is 81.7 Å². The highest BCUT2D eigenvalue weighted by Crippen LogP contribution is 2.50. The molecule has 2 aliphatic heterocycles. The lowest BCUT2D eigenvalue weighted by Crippen LogP contribution is -2.62. The maximum Gasteiger partial charge on any atom is 0.0886 e. The van der Waals surface area contributed by atoms with Crippen LogP contribution in [0.2, 0.25) is 0 Å². The average molecular weight is 446 g/mol. The van der Waals surface area contributed by atoms with E-state index >= 15 is 0 Å². The molecule has 6 rings (SSSR count). The number of ether oxygens (including phenoxy) is 1. The van der Waals surface area contributed by atoms with Gasteiger partial charge in [-0.25, -0.2) is 4.52 Å². The molecule has 0 unspecified atom stereocenters. The van der Waals surface area contributed by atoms with Crippen molar-refractivity contribution in [1.82, 2.24) is 24.3 Å². The molecule has 3 aromatic heterocycles. The van der Waals surface area contributed by atoms with E-state index in [0.717, 1.165) is 49.0 Å². The van der Waals surface area contributed by atoms with Crippen molar-refractivity contribution in [2.75, 3.05) is 31.7 Å². The first-order valence-corrected chi connectivity index (χ1v) is 12.0. The predicted molar refractivity (Wildman–Crippen MR) is 126 cm³/mol. The van der Waals surface area contributed by atoms with E-state index < -0.39 is 0 Å². The van der Waals surface area contributed by atoms with E-state index in [-0.39, 0.29) is 5.41 Å². The molecule has 2 atom stereocenters. The normalized spacial score (nSPS) is 29.4. The number of anilines is 1. The minimum atomic E-state index is -0.177. The lowest BCUT2D eigenvalue weighted by atomic mass is 9.63. The molecule has 5 heterocycles. The number of aryl methyl sites for hydroxylation is 1. The molecule has 0 N–H and O–H groups in total. The number of nitriles is 1. The summed E-state index contributed by atoms with van der Waals surface area (Å²) in [5.74, 6) is 0. The Morgan fingerprint density at radius 2 is 1.91 bits per heavy atom. The number of piperazine rings is 1. The van der Waals surface area contributed by atoms with Gasteiger partial charge in [0.15, 0.2) is 0 Å². The fourth-order valence-electron chi connectivity index (χ4n) is 6.43. The highest BCUT2D eigenvalue weighted by molar-refractivity contribution is 5.79. The van der Waals surface area contributed by atoms with Crippen LogP contribution in [0.3, 0.4) is 0 Å². The fourth-order valence-corrected chi connectivity index (χ4v) is 6.43. The van der Waals surface area contributed by atoms with Crippen LogP contribution in [0.4, 0.5) is 5.69 Å². The van der Waals surface area contributed by atoms with Gasteiger partial charge < -0.3 is 9.64 Å². The van der Waals surface area contributed by atoms with Gasteiger partial charge >= 0.3 is 0 Å². The summed E-state index contributed by atoms with van der Waals surface area (Å²) in [6.45, 7) is 2.76. The Kier molecular flexibility index (Phi) is 4.93. The monoisotopic (exact) mass is 445 g/mol. The van der Waals surface area contributed by atoms with E-state index in [4.69, 9.17) is 4.74 Å². The van der Waals surface area contributed by atoms with E-state index in [9.17, 15) is 5.26 Å². The van der Waals surface area contributed by atoms with Crippen molar-refractivity contribution in [3.8, 4) is 17.2 Å². The van der Waals surface area contributed by atoms with Crippen LogP contribution >= 0.6 is 0 Å². The smallest absolute Gasteiger partial charge is 0.0886 e. The van der Waals surface area contributed by atoms with Crippen molar-refractivity contribution in [3.05, 3.63) is 36.9 Å². The highest BCUT2D eigenvalue weighted by Gasteiger charge is 2.52. The second kappa shape index (κ2) is 7.86. The predicted octanol–water partition coefficient (Wildman–Crippen LogP) is 3.10. The fraction of sp³-hybridized carbons (Fsp3) is 0.560. The zero-order valence-electron chi connectivity index (χ0n) is 19.4. The molecule has 3 fully saturated rings. The first kappa shape index (κ1) is 20.7. The summed E-state index contributed by atoms with van der Waals surface area (Å²) in [6, 6.07) is 8.67. The summed E-state index contributed by atoms with van der Waals surface area (Å²) in [7, 11) is 3.67. The number of fused-ring (bicyclic) bond motifs is 3. The van der Waals surface area contributed by atoms with Crippen molar-refractivity contribution >= 4 is 11.2 Å². The van der Waals surface area contributed by atoms with Gasteiger partial charge in [-0.1, -0.05) is 0 Å². The topological polar surface area (TPSA) is 74.6 Å².